The van der Waals surface area contributed by atoms with E-state index in [2.05, 4.69) is 15.4 Å². The van der Waals surface area contributed by atoms with Gasteiger partial charge in [-0.2, -0.15) is 4.98 Å². The fourth-order valence-electron chi connectivity index (χ4n) is 3.84. The molecule has 2 heterocycles. The minimum absolute atomic E-state index is 0.0938. The molecule has 28 heavy (non-hydrogen) atoms. The van der Waals surface area contributed by atoms with Gasteiger partial charge in [0.15, 0.2) is 11.6 Å². The summed E-state index contributed by atoms with van der Waals surface area (Å²) in [5.41, 5.74) is 3.11. The number of carbonyl (C=O) groups is 1. The predicted octanol–water partition coefficient (Wildman–Crippen LogP) is 3.81. The highest BCUT2D eigenvalue weighted by molar-refractivity contribution is 5.99. The van der Waals surface area contributed by atoms with Crippen molar-refractivity contribution in [2.24, 2.45) is 0 Å². The van der Waals surface area contributed by atoms with Gasteiger partial charge in [0, 0.05) is 23.3 Å². The molecule has 2 aliphatic rings. The molecule has 2 N–H and O–H groups in total. The van der Waals surface area contributed by atoms with E-state index < -0.39 is 6.04 Å². The smallest absolute Gasteiger partial charge is 0.226 e. The Labute approximate surface area is 160 Å². The van der Waals surface area contributed by atoms with Crippen molar-refractivity contribution in [1.29, 1.82) is 0 Å². The van der Waals surface area contributed by atoms with Crippen LogP contribution >= 0.6 is 0 Å². The van der Waals surface area contributed by atoms with Crippen LogP contribution in [0.25, 0.3) is 11.4 Å². The van der Waals surface area contributed by atoms with Crippen LogP contribution in [0.1, 0.15) is 30.9 Å². The summed E-state index contributed by atoms with van der Waals surface area (Å²) in [6.45, 7) is 0. The predicted molar refractivity (Wildman–Crippen MR) is 101 cm³/mol. The number of phenols is 1. The van der Waals surface area contributed by atoms with Crippen molar-refractivity contribution < 1.29 is 14.3 Å². The summed E-state index contributed by atoms with van der Waals surface area (Å²) >= 11 is 0. The summed E-state index contributed by atoms with van der Waals surface area (Å²) in [5, 5.41) is 17.5. The summed E-state index contributed by atoms with van der Waals surface area (Å²) in [7, 11) is 0. The lowest BCUT2D eigenvalue weighted by Gasteiger charge is -2.32. The van der Waals surface area contributed by atoms with Gasteiger partial charge in [-0.05, 0) is 54.8 Å². The molecule has 0 spiro atoms. The average Bonchev–Trinajstić information content (AvgIpc) is 3.11. The van der Waals surface area contributed by atoms with E-state index in [4.69, 9.17) is 0 Å². The highest BCUT2D eigenvalue weighted by atomic mass is 19.1. The summed E-state index contributed by atoms with van der Waals surface area (Å²) in [6.07, 6.45) is 2.07. The van der Waals surface area contributed by atoms with Crippen molar-refractivity contribution >= 4 is 11.7 Å². The van der Waals surface area contributed by atoms with Crippen LogP contribution in [0.4, 0.5) is 10.3 Å². The third-order valence-corrected chi connectivity index (χ3v) is 5.18. The molecule has 1 atom stereocenters. The highest BCUT2D eigenvalue weighted by Crippen LogP contribution is 2.40. The van der Waals surface area contributed by atoms with Gasteiger partial charge in [0.25, 0.3) is 0 Å². The molecule has 1 unspecified atom stereocenters. The molecular formula is C21H17FN4O2. The van der Waals surface area contributed by atoms with Gasteiger partial charge in [-0.3, -0.25) is 4.79 Å². The first kappa shape index (κ1) is 16.7. The quantitative estimate of drug-likeness (QED) is 0.711. The second-order valence-corrected chi connectivity index (χ2v) is 7.00. The summed E-state index contributed by atoms with van der Waals surface area (Å²) in [6, 6.07) is 12.4. The molecule has 1 aromatic heterocycles. The van der Waals surface area contributed by atoms with E-state index in [0.717, 1.165) is 24.1 Å². The van der Waals surface area contributed by atoms with Crippen LogP contribution < -0.4 is 5.32 Å². The van der Waals surface area contributed by atoms with Crippen LogP contribution in [0.5, 0.6) is 5.75 Å². The van der Waals surface area contributed by atoms with Gasteiger partial charge in [0.1, 0.15) is 17.6 Å². The van der Waals surface area contributed by atoms with Gasteiger partial charge in [0.05, 0.1) is 0 Å². The second kappa shape index (κ2) is 6.30. The Morgan fingerprint density at radius 3 is 2.57 bits per heavy atom. The number of aromatic nitrogens is 3. The molecule has 0 saturated heterocycles. The van der Waals surface area contributed by atoms with Crippen LogP contribution in [0, 0.1) is 5.82 Å². The number of anilines is 1. The first-order valence-electron chi connectivity index (χ1n) is 9.15. The summed E-state index contributed by atoms with van der Waals surface area (Å²) in [4.78, 5) is 17.3. The van der Waals surface area contributed by atoms with Crippen LogP contribution in [0.15, 0.2) is 59.8 Å². The maximum Gasteiger partial charge on any atom is 0.226 e. The molecule has 3 aromatic rings. The van der Waals surface area contributed by atoms with Crippen molar-refractivity contribution in [3.63, 3.8) is 0 Å². The molecule has 2 aromatic carbocycles. The molecule has 140 valence electrons. The van der Waals surface area contributed by atoms with Gasteiger partial charge in [-0.15, -0.1) is 5.10 Å². The molecule has 7 heteroatoms. The minimum Gasteiger partial charge on any atom is -0.508 e. The first-order valence-corrected chi connectivity index (χ1v) is 9.15. The fourth-order valence-corrected chi connectivity index (χ4v) is 3.84. The third kappa shape index (κ3) is 2.67. The average molecular weight is 376 g/mol. The second-order valence-electron chi connectivity index (χ2n) is 7.00. The number of fused-ring (bicyclic) bond motifs is 1. The Bertz CT molecular complexity index is 1100. The van der Waals surface area contributed by atoms with Gasteiger partial charge < -0.3 is 10.4 Å². The Hall–Kier alpha value is -3.48. The van der Waals surface area contributed by atoms with Crippen molar-refractivity contribution in [3.8, 4) is 17.1 Å². The van der Waals surface area contributed by atoms with Crippen molar-refractivity contribution in [2.45, 2.75) is 25.3 Å². The van der Waals surface area contributed by atoms with E-state index in [0.29, 0.717) is 29.3 Å². The van der Waals surface area contributed by atoms with E-state index in [9.17, 15) is 14.3 Å². The van der Waals surface area contributed by atoms with E-state index in [1.165, 1.54) is 12.1 Å². The van der Waals surface area contributed by atoms with Crippen molar-refractivity contribution in [3.05, 3.63) is 71.2 Å². The number of hydrogen-bond donors (Lipinski definition) is 2. The zero-order chi connectivity index (χ0) is 19.3. The minimum atomic E-state index is -0.415. The number of rotatable bonds is 2. The van der Waals surface area contributed by atoms with Crippen LogP contribution in [0.2, 0.25) is 0 Å². The largest absolute Gasteiger partial charge is 0.508 e. The van der Waals surface area contributed by atoms with Crippen LogP contribution in [-0.4, -0.2) is 25.7 Å². The molecule has 0 fully saturated rings. The Morgan fingerprint density at radius 2 is 1.82 bits per heavy atom. The van der Waals surface area contributed by atoms with E-state index in [1.807, 2.05) is 0 Å². The maximum atomic E-state index is 13.3. The van der Waals surface area contributed by atoms with Gasteiger partial charge in [-0.25, -0.2) is 9.07 Å². The fraction of sp³-hybridized carbons (Fsp3) is 0.190. The van der Waals surface area contributed by atoms with Gasteiger partial charge >= 0.3 is 0 Å². The summed E-state index contributed by atoms with van der Waals surface area (Å²) in [5.74, 6) is 0.934. The maximum absolute atomic E-state index is 13.3. The molecule has 0 bridgehead atoms. The van der Waals surface area contributed by atoms with Crippen LogP contribution in [0.3, 0.4) is 0 Å². The van der Waals surface area contributed by atoms with Gasteiger partial charge in [0.2, 0.25) is 5.95 Å². The third-order valence-electron chi connectivity index (χ3n) is 5.18. The zero-order valence-electron chi connectivity index (χ0n) is 14.9. The van der Waals surface area contributed by atoms with Crippen molar-refractivity contribution in [1.82, 2.24) is 14.8 Å². The number of carbonyl (C=O) groups excluding carboxylic acids is 1. The van der Waals surface area contributed by atoms with Gasteiger partial charge in [-0.1, -0.05) is 12.1 Å². The number of halogens is 1. The molecule has 6 nitrogen and oxygen atoms in total. The molecule has 5 rings (SSSR count). The van der Waals surface area contributed by atoms with Crippen LogP contribution in [-0.2, 0) is 4.79 Å². The summed E-state index contributed by atoms with van der Waals surface area (Å²) < 4.78 is 15.0. The number of allylic oxidation sites excluding steroid dienone is 2. The lowest BCUT2D eigenvalue weighted by atomic mass is 9.85. The first-order chi connectivity index (χ1) is 13.6. The molecular weight excluding hydrogens is 359 g/mol. The zero-order valence-corrected chi connectivity index (χ0v) is 14.9. The molecule has 0 amide bonds. The number of benzene rings is 2. The van der Waals surface area contributed by atoms with E-state index in [-0.39, 0.29) is 17.3 Å². The standard InChI is InChI=1S/C21H17FN4O2/c22-14-8-4-13(5-9-14)20-24-21-23-16-2-1-3-17(28)18(16)19(26(21)25-20)12-6-10-15(27)11-7-12/h4-11,19,27H,1-3H2,(H,23,24,25). The Balaban J connectivity index is 1.66. The van der Waals surface area contributed by atoms with Crippen molar-refractivity contribution in [2.75, 3.05) is 5.32 Å². The SMILES string of the molecule is O=C1CCCC2=C1C(c1ccc(O)cc1)n1nc(-c3ccc(F)cc3)nc1N2. The monoisotopic (exact) mass is 376 g/mol. The molecule has 0 radical (unpaired) electrons. The topological polar surface area (TPSA) is 80.0 Å². The Morgan fingerprint density at radius 1 is 1.07 bits per heavy atom. The normalized spacial score (nSPS) is 18.5. The molecule has 0 saturated carbocycles. The lowest BCUT2D eigenvalue weighted by Crippen LogP contribution is -2.31. The van der Waals surface area contributed by atoms with E-state index >= 15 is 0 Å². The number of ketones is 1. The highest BCUT2D eigenvalue weighted by Gasteiger charge is 2.36. The molecule has 1 aliphatic carbocycles. The number of nitrogens with zero attached hydrogens (tertiary/aromatic N) is 3. The Kier molecular flexibility index (Phi) is 3.75. The number of aromatic hydroxyl groups is 1. The van der Waals surface area contributed by atoms with E-state index in [1.54, 1.807) is 41.1 Å². The number of hydrogen-bond acceptors (Lipinski definition) is 5. The number of phenolic OH excluding ortho intramolecular Hbond substituents is 1. The number of Topliss-reactive ketones (excluding diaryl/α,β-unsaturated/α-hetero) is 1. The molecule has 1 aliphatic heterocycles. The lowest BCUT2D eigenvalue weighted by molar-refractivity contribution is -0.116. The number of nitrogens with one attached hydrogen (secondary N) is 1.